The van der Waals surface area contributed by atoms with E-state index in [1.165, 1.54) is 38.1 Å². The molecule has 1 aliphatic rings. The first-order chi connectivity index (χ1) is 12.1. The van der Waals surface area contributed by atoms with Crippen molar-refractivity contribution in [1.29, 1.82) is 0 Å². The van der Waals surface area contributed by atoms with Gasteiger partial charge < -0.3 is 20.3 Å². The van der Waals surface area contributed by atoms with Crippen LogP contribution in [0.15, 0.2) is 29.3 Å². The van der Waals surface area contributed by atoms with Gasteiger partial charge in [-0.25, -0.2) is 4.39 Å². The van der Waals surface area contributed by atoms with Crippen molar-refractivity contribution in [2.24, 2.45) is 10.9 Å². The van der Waals surface area contributed by atoms with Crippen molar-refractivity contribution in [1.82, 2.24) is 15.5 Å². The van der Waals surface area contributed by atoms with Gasteiger partial charge in [-0.15, -0.1) is 0 Å². The molecule has 1 aromatic carbocycles. The zero-order valence-electron chi connectivity index (χ0n) is 15.6. The van der Waals surface area contributed by atoms with Gasteiger partial charge in [0.15, 0.2) is 5.96 Å². The topological polar surface area (TPSA) is 48.9 Å². The summed E-state index contributed by atoms with van der Waals surface area (Å²) in [5, 5.41) is 6.67. The van der Waals surface area contributed by atoms with E-state index in [9.17, 15) is 4.39 Å². The maximum absolute atomic E-state index is 13.2. The van der Waals surface area contributed by atoms with Gasteiger partial charge in [0.05, 0.1) is 6.54 Å². The third-order valence-electron chi connectivity index (χ3n) is 4.38. The van der Waals surface area contributed by atoms with Gasteiger partial charge in [0.2, 0.25) is 0 Å². The summed E-state index contributed by atoms with van der Waals surface area (Å²) in [6.45, 7) is 9.26. The zero-order chi connectivity index (χ0) is 18.1. The van der Waals surface area contributed by atoms with Crippen molar-refractivity contribution >= 4 is 5.96 Å². The fourth-order valence-electron chi connectivity index (χ4n) is 3.12. The number of ether oxygens (including phenoxy) is 1. The molecule has 1 heterocycles. The molecule has 1 fully saturated rings. The fourth-order valence-corrected chi connectivity index (χ4v) is 3.12. The fraction of sp³-hybridized carbons (Fsp3) is 0.632. The van der Waals surface area contributed by atoms with Crippen LogP contribution in [0.2, 0.25) is 0 Å². The molecule has 2 rings (SSSR count). The monoisotopic (exact) mass is 350 g/mol. The van der Waals surface area contributed by atoms with Crippen molar-refractivity contribution in [2.45, 2.75) is 32.8 Å². The average Bonchev–Trinajstić information content (AvgIpc) is 3.03. The average molecular weight is 350 g/mol. The molecule has 0 saturated carbocycles. The summed E-state index contributed by atoms with van der Waals surface area (Å²) in [5.41, 5.74) is 0. The van der Waals surface area contributed by atoms with Crippen molar-refractivity contribution < 1.29 is 9.13 Å². The molecule has 6 heteroatoms. The predicted molar refractivity (Wildman–Crippen MR) is 101 cm³/mol. The van der Waals surface area contributed by atoms with E-state index in [2.05, 4.69) is 27.4 Å². The third kappa shape index (κ3) is 6.90. The van der Waals surface area contributed by atoms with Crippen LogP contribution in [0.5, 0.6) is 5.75 Å². The molecular weight excluding hydrogens is 319 g/mol. The second kappa shape index (κ2) is 10.2. The van der Waals surface area contributed by atoms with Crippen LogP contribution in [0.3, 0.4) is 0 Å². The SMILES string of the molecule is CCCN1CCC(CNC(=NC)NCC(C)Oc2cccc(F)c2)C1. The van der Waals surface area contributed by atoms with E-state index in [0.29, 0.717) is 18.2 Å². The van der Waals surface area contributed by atoms with Crippen LogP contribution < -0.4 is 15.4 Å². The summed E-state index contributed by atoms with van der Waals surface area (Å²) in [5.74, 6) is 1.71. The molecule has 0 radical (unpaired) electrons. The lowest BCUT2D eigenvalue weighted by atomic mass is 10.1. The Bertz CT molecular complexity index is 552. The maximum atomic E-state index is 13.2. The quantitative estimate of drug-likeness (QED) is 0.559. The highest BCUT2D eigenvalue weighted by atomic mass is 19.1. The van der Waals surface area contributed by atoms with Gasteiger partial charge in [0.25, 0.3) is 0 Å². The highest BCUT2D eigenvalue weighted by Crippen LogP contribution is 2.15. The van der Waals surface area contributed by atoms with Crippen LogP contribution in [-0.4, -0.2) is 56.7 Å². The van der Waals surface area contributed by atoms with Crippen LogP contribution in [-0.2, 0) is 0 Å². The molecule has 0 amide bonds. The van der Waals surface area contributed by atoms with Gasteiger partial charge in [-0.3, -0.25) is 4.99 Å². The Morgan fingerprint density at radius 2 is 2.28 bits per heavy atom. The van der Waals surface area contributed by atoms with Crippen LogP contribution in [0, 0.1) is 11.7 Å². The summed E-state index contributed by atoms with van der Waals surface area (Å²) in [4.78, 5) is 6.79. The highest BCUT2D eigenvalue weighted by molar-refractivity contribution is 5.79. The summed E-state index contributed by atoms with van der Waals surface area (Å²) >= 11 is 0. The minimum absolute atomic E-state index is 0.0909. The van der Waals surface area contributed by atoms with E-state index in [0.717, 1.165) is 19.0 Å². The van der Waals surface area contributed by atoms with Crippen molar-refractivity contribution in [3.8, 4) is 5.75 Å². The molecule has 2 atom stereocenters. The van der Waals surface area contributed by atoms with Crippen LogP contribution in [0.25, 0.3) is 0 Å². The van der Waals surface area contributed by atoms with E-state index >= 15 is 0 Å². The zero-order valence-corrected chi connectivity index (χ0v) is 15.6. The number of halogens is 1. The molecule has 25 heavy (non-hydrogen) atoms. The summed E-state index contributed by atoms with van der Waals surface area (Å²) in [6, 6.07) is 6.21. The molecule has 1 aromatic rings. The Morgan fingerprint density at radius 1 is 1.44 bits per heavy atom. The molecule has 0 aliphatic carbocycles. The van der Waals surface area contributed by atoms with Crippen molar-refractivity contribution in [3.05, 3.63) is 30.1 Å². The Labute approximate surface area is 150 Å². The van der Waals surface area contributed by atoms with Gasteiger partial charge in [-0.1, -0.05) is 13.0 Å². The third-order valence-corrected chi connectivity index (χ3v) is 4.38. The van der Waals surface area contributed by atoms with Crippen LogP contribution in [0.4, 0.5) is 4.39 Å². The molecule has 0 bridgehead atoms. The predicted octanol–water partition coefficient (Wildman–Crippen LogP) is 2.49. The van der Waals surface area contributed by atoms with Crippen molar-refractivity contribution in [3.63, 3.8) is 0 Å². The molecule has 1 saturated heterocycles. The lowest BCUT2D eigenvalue weighted by Crippen LogP contribution is -2.43. The first-order valence-corrected chi connectivity index (χ1v) is 9.19. The summed E-state index contributed by atoms with van der Waals surface area (Å²) < 4.78 is 18.9. The number of benzene rings is 1. The number of aliphatic imine (C=N–C) groups is 1. The van der Waals surface area contributed by atoms with Gasteiger partial charge in [0.1, 0.15) is 17.7 Å². The minimum Gasteiger partial charge on any atom is -0.489 e. The van der Waals surface area contributed by atoms with Gasteiger partial charge in [0, 0.05) is 26.2 Å². The van der Waals surface area contributed by atoms with E-state index in [1.807, 2.05) is 6.92 Å². The van der Waals surface area contributed by atoms with Crippen LogP contribution >= 0.6 is 0 Å². The number of rotatable bonds is 8. The Balaban J connectivity index is 1.68. The van der Waals surface area contributed by atoms with Gasteiger partial charge >= 0.3 is 0 Å². The lowest BCUT2D eigenvalue weighted by Gasteiger charge is -2.19. The normalized spacial score (nSPS) is 19.7. The molecule has 140 valence electrons. The second-order valence-electron chi connectivity index (χ2n) is 6.68. The van der Waals surface area contributed by atoms with Gasteiger partial charge in [-0.05, 0) is 50.9 Å². The summed E-state index contributed by atoms with van der Waals surface area (Å²) in [7, 11) is 1.77. The Hall–Kier alpha value is -1.82. The smallest absolute Gasteiger partial charge is 0.191 e. The highest BCUT2D eigenvalue weighted by Gasteiger charge is 2.21. The van der Waals surface area contributed by atoms with E-state index in [1.54, 1.807) is 19.2 Å². The number of likely N-dealkylation sites (tertiary alicyclic amines) is 1. The Kier molecular flexibility index (Phi) is 7.98. The first kappa shape index (κ1) is 19.5. The van der Waals surface area contributed by atoms with E-state index < -0.39 is 0 Å². The van der Waals surface area contributed by atoms with E-state index in [-0.39, 0.29) is 11.9 Å². The summed E-state index contributed by atoms with van der Waals surface area (Å²) in [6.07, 6.45) is 2.36. The number of hydrogen-bond donors (Lipinski definition) is 2. The minimum atomic E-state index is -0.288. The maximum Gasteiger partial charge on any atom is 0.191 e. The molecule has 0 aromatic heterocycles. The first-order valence-electron chi connectivity index (χ1n) is 9.19. The van der Waals surface area contributed by atoms with Crippen LogP contribution in [0.1, 0.15) is 26.7 Å². The molecule has 2 unspecified atom stereocenters. The lowest BCUT2D eigenvalue weighted by molar-refractivity contribution is 0.223. The molecule has 0 spiro atoms. The molecule has 1 aliphatic heterocycles. The molecule has 5 nitrogen and oxygen atoms in total. The van der Waals surface area contributed by atoms with Gasteiger partial charge in [-0.2, -0.15) is 0 Å². The number of hydrogen-bond acceptors (Lipinski definition) is 3. The number of nitrogens with one attached hydrogen (secondary N) is 2. The number of nitrogens with zero attached hydrogens (tertiary/aromatic N) is 2. The largest absolute Gasteiger partial charge is 0.489 e. The van der Waals surface area contributed by atoms with E-state index in [4.69, 9.17) is 4.74 Å². The standard InChI is InChI=1S/C19H31FN4O/c1-4-9-24-10-8-16(14-24)13-23-19(21-3)22-12-15(2)25-18-7-5-6-17(20)11-18/h5-7,11,15-16H,4,8-10,12-14H2,1-3H3,(H2,21,22,23). The number of guanidine groups is 1. The molecular formula is C19H31FN4O. The second-order valence-corrected chi connectivity index (χ2v) is 6.68. The van der Waals surface area contributed by atoms with Crippen molar-refractivity contribution in [2.75, 3.05) is 39.8 Å². The Morgan fingerprint density at radius 3 is 3.00 bits per heavy atom. The molecule has 2 N–H and O–H groups in total.